The zero-order valence-corrected chi connectivity index (χ0v) is 11.2. The van der Waals surface area contributed by atoms with Crippen LogP contribution in [0.3, 0.4) is 0 Å². The second kappa shape index (κ2) is 5.86. The number of hydrogen-bond donors (Lipinski definition) is 1. The Labute approximate surface area is 117 Å². The number of carbonyl (C=O) groups excluding carboxylic acids is 1. The molecule has 5 heteroatoms. The smallest absolute Gasteiger partial charge is 0.309 e. The van der Waals surface area contributed by atoms with E-state index in [0.717, 1.165) is 18.4 Å². The summed E-state index contributed by atoms with van der Waals surface area (Å²) in [5.41, 5.74) is 0.816. The van der Waals surface area contributed by atoms with E-state index in [4.69, 9.17) is 4.42 Å². The lowest BCUT2D eigenvalue weighted by atomic mass is 9.95. The molecule has 1 N–H and O–H groups in total. The van der Waals surface area contributed by atoms with E-state index in [1.165, 1.54) is 19.3 Å². The zero-order chi connectivity index (χ0) is 13.8. The van der Waals surface area contributed by atoms with E-state index in [2.05, 4.69) is 15.5 Å². The Balaban J connectivity index is 1.68. The SMILES string of the molecule is O=C(NC1CCCCC1)c1nnc(-c2ccccc2)o1. The Morgan fingerprint density at radius 2 is 1.85 bits per heavy atom. The number of benzene rings is 1. The fourth-order valence-corrected chi connectivity index (χ4v) is 2.51. The molecule has 0 atom stereocenters. The van der Waals surface area contributed by atoms with Crippen LogP contribution >= 0.6 is 0 Å². The maximum atomic E-state index is 12.1. The molecule has 1 aromatic carbocycles. The quantitative estimate of drug-likeness (QED) is 0.932. The summed E-state index contributed by atoms with van der Waals surface area (Å²) in [6.45, 7) is 0. The van der Waals surface area contributed by atoms with Crippen molar-refractivity contribution in [3.8, 4) is 11.5 Å². The largest absolute Gasteiger partial charge is 0.412 e. The van der Waals surface area contributed by atoms with Crippen LogP contribution in [0.15, 0.2) is 34.7 Å². The number of aromatic nitrogens is 2. The molecule has 0 aliphatic heterocycles. The number of nitrogens with zero attached hydrogens (tertiary/aromatic N) is 2. The van der Waals surface area contributed by atoms with Gasteiger partial charge in [0.15, 0.2) is 0 Å². The number of hydrogen-bond acceptors (Lipinski definition) is 4. The number of carbonyl (C=O) groups is 1. The van der Waals surface area contributed by atoms with Crippen molar-refractivity contribution in [1.29, 1.82) is 0 Å². The molecular formula is C15H17N3O2. The van der Waals surface area contributed by atoms with Crippen LogP contribution in [0, 0.1) is 0 Å². The van der Waals surface area contributed by atoms with Gasteiger partial charge in [-0.1, -0.05) is 37.5 Å². The summed E-state index contributed by atoms with van der Waals surface area (Å²) in [7, 11) is 0. The molecule has 0 spiro atoms. The van der Waals surface area contributed by atoms with Gasteiger partial charge in [-0.25, -0.2) is 0 Å². The standard InChI is InChI=1S/C15H17N3O2/c19-13(16-12-9-5-2-6-10-12)15-18-17-14(20-15)11-7-3-1-4-8-11/h1,3-4,7-8,12H,2,5-6,9-10H2,(H,16,19). The molecular weight excluding hydrogens is 254 g/mol. The lowest BCUT2D eigenvalue weighted by Gasteiger charge is -2.21. The van der Waals surface area contributed by atoms with E-state index in [0.29, 0.717) is 5.89 Å². The predicted molar refractivity (Wildman–Crippen MR) is 74.1 cm³/mol. The highest BCUT2D eigenvalue weighted by atomic mass is 16.4. The van der Waals surface area contributed by atoms with E-state index in [1.54, 1.807) is 0 Å². The van der Waals surface area contributed by atoms with E-state index in [-0.39, 0.29) is 17.8 Å². The van der Waals surface area contributed by atoms with Gasteiger partial charge >= 0.3 is 11.8 Å². The van der Waals surface area contributed by atoms with Gasteiger partial charge in [0.05, 0.1) is 0 Å². The van der Waals surface area contributed by atoms with Crippen molar-refractivity contribution in [3.63, 3.8) is 0 Å². The predicted octanol–water partition coefficient (Wildman–Crippen LogP) is 2.80. The van der Waals surface area contributed by atoms with Gasteiger partial charge in [0.1, 0.15) is 0 Å². The van der Waals surface area contributed by atoms with E-state index in [9.17, 15) is 4.79 Å². The van der Waals surface area contributed by atoms with Crippen LogP contribution in [0.4, 0.5) is 0 Å². The van der Waals surface area contributed by atoms with Crippen LogP contribution < -0.4 is 5.32 Å². The van der Waals surface area contributed by atoms with E-state index in [1.807, 2.05) is 30.3 Å². The fourth-order valence-electron chi connectivity index (χ4n) is 2.51. The Bertz CT molecular complexity index is 574. The van der Waals surface area contributed by atoms with Crippen LogP contribution in [0.1, 0.15) is 42.8 Å². The van der Waals surface area contributed by atoms with Crippen LogP contribution in [0.25, 0.3) is 11.5 Å². The minimum atomic E-state index is -0.272. The van der Waals surface area contributed by atoms with Gasteiger partial charge in [0, 0.05) is 11.6 Å². The van der Waals surface area contributed by atoms with Crippen molar-refractivity contribution in [2.24, 2.45) is 0 Å². The second-order valence-electron chi connectivity index (χ2n) is 5.09. The molecule has 1 aliphatic rings. The number of nitrogens with one attached hydrogen (secondary N) is 1. The van der Waals surface area contributed by atoms with Crippen molar-refractivity contribution in [1.82, 2.24) is 15.5 Å². The topological polar surface area (TPSA) is 68.0 Å². The van der Waals surface area contributed by atoms with Gasteiger partial charge in [-0.3, -0.25) is 4.79 Å². The lowest BCUT2D eigenvalue weighted by Crippen LogP contribution is -2.36. The molecule has 5 nitrogen and oxygen atoms in total. The first kappa shape index (κ1) is 12.8. The van der Waals surface area contributed by atoms with Crippen molar-refractivity contribution in [2.45, 2.75) is 38.1 Å². The third kappa shape index (κ3) is 2.87. The van der Waals surface area contributed by atoms with Crippen molar-refractivity contribution in [2.75, 3.05) is 0 Å². The minimum absolute atomic E-state index is 0.0365. The fraction of sp³-hybridized carbons (Fsp3) is 0.400. The van der Waals surface area contributed by atoms with Crippen molar-refractivity contribution >= 4 is 5.91 Å². The molecule has 3 rings (SSSR count). The van der Waals surface area contributed by atoms with Crippen molar-refractivity contribution in [3.05, 3.63) is 36.2 Å². The van der Waals surface area contributed by atoms with Crippen molar-refractivity contribution < 1.29 is 9.21 Å². The highest BCUT2D eigenvalue weighted by Crippen LogP contribution is 2.19. The average Bonchev–Trinajstić information content (AvgIpc) is 2.99. The van der Waals surface area contributed by atoms with Crippen LogP contribution in [0.5, 0.6) is 0 Å². The molecule has 1 fully saturated rings. The van der Waals surface area contributed by atoms with Gasteiger partial charge in [0.2, 0.25) is 5.89 Å². The molecule has 1 amide bonds. The Morgan fingerprint density at radius 1 is 1.10 bits per heavy atom. The molecule has 20 heavy (non-hydrogen) atoms. The Kier molecular flexibility index (Phi) is 3.76. The summed E-state index contributed by atoms with van der Waals surface area (Å²) in [5, 5.41) is 10.7. The first-order chi connectivity index (χ1) is 9.83. The monoisotopic (exact) mass is 271 g/mol. The maximum absolute atomic E-state index is 12.1. The maximum Gasteiger partial charge on any atom is 0.309 e. The highest BCUT2D eigenvalue weighted by Gasteiger charge is 2.20. The summed E-state index contributed by atoms with van der Waals surface area (Å²) in [4.78, 5) is 12.1. The molecule has 1 aromatic heterocycles. The lowest BCUT2D eigenvalue weighted by molar-refractivity contribution is 0.0893. The van der Waals surface area contributed by atoms with Gasteiger partial charge in [-0.05, 0) is 25.0 Å². The molecule has 1 aliphatic carbocycles. The van der Waals surface area contributed by atoms with Crippen LogP contribution in [0.2, 0.25) is 0 Å². The number of rotatable bonds is 3. The Morgan fingerprint density at radius 3 is 2.60 bits per heavy atom. The van der Waals surface area contributed by atoms with Crippen LogP contribution in [-0.4, -0.2) is 22.1 Å². The summed E-state index contributed by atoms with van der Waals surface area (Å²) >= 11 is 0. The second-order valence-corrected chi connectivity index (χ2v) is 5.09. The molecule has 1 heterocycles. The molecule has 0 bridgehead atoms. The molecule has 2 aromatic rings. The minimum Gasteiger partial charge on any atom is -0.412 e. The van der Waals surface area contributed by atoms with E-state index >= 15 is 0 Å². The highest BCUT2D eigenvalue weighted by molar-refractivity contribution is 5.89. The summed E-state index contributed by atoms with van der Waals surface area (Å²) in [6, 6.07) is 9.68. The van der Waals surface area contributed by atoms with Crippen LogP contribution in [-0.2, 0) is 0 Å². The molecule has 0 saturated heterocycles. The zero-order valence-electron chi connectivity index (χ0n) is 11.2. The average molecular weight is 271 g/mol. The third-order valence-corrected chi connectivity index (χ3v) is 3.58. The van der Waals surface area contributed by atoms with Gasteiger partial charge in [0.25, 0.3) is 0 Å². The molecule has 0 radical (unpaired) electrons. The Hall–Kier alpha value is -2.17. The first-order valence-electron chi connectivity index (χ1n) is 7.03. The summed E-state index contributed by atoms with van der Waals surface area (Å²) in [6.07, 6.45) is 5.66. The summed E-state index contributed by atoms with van der Waals surface area (Å²) in [5.74, 6) is 0.139. The van der Waals surface area contributed by atoms with Gasteiger partial charge in [-0.2, -0.15) is 0 Å². The molecule has 104 valence electrons. The molecule has 1 saturated carbocycles. The van der Waals surface area contributed by atoms with Gasteiger partial charge < -0.3 is 9.73 Å². The number of amides is 1. The molecule has 0 unspecified atom stereocenters. The summed E-state index contributed by atoms with van der Waals surface area (Å²) < 4.78 is 5.44. The third-order valence-electron chi connectivity index (χ3n) is 3.58. The van der Waals surface area contributed by atoms with Gasteiger partial charge in [-0.15, -0.1) is 10.2 Å². The first-order valence-corrected chi connectivity index (χ1v) is 7.03. The van der Waals surface area contributed by atoms with E-state index < -0.39 is 0 Å². The normalized spacial score (nSPS) is 16.0.